The number of aryl methyl sites for hydroxylation is 2. The molecule has 0 bridgehead atoms. The van der Waals surface area contributed by atoms with E-state index in [0.717, 1.165) is 6.42 Å². The largest absolute Gasteiger partial charge is 0.307 e. The van der Waals surface area contributed by atoms with Gasteiger partial charge in [0.25, 0.3) is 0 Å². The van der Waals surface area contributed by atoms with Gasteiger partial charge in [0.15, 0.2) is 0 Å². The Hall–Kier alpha value is -1.12. The summed E-state index contributed by atoms with van der Waals surface area (Å²) in [6, 6.07) is 16.5. The van der Waals surface area contributed by atoms with Gasteiger partial charge in [-0.25, -0.2) is 0 Å². The van der Waals surface area contributed by atoms with Crippen molar-refractivity contribution in [3.63, 3.8) is 0 Å². The van der Waals surface area contributed by atoms with Gasteiger partial charge < -0.3 is 5.32 Å². The number of benzene rings is 2. The van der Waals surface area contributed by atoms with E-state index in [1.54, 1.807) is 0 Å². The molecule has 110 valence electrons. The average Bonchev–Trinajstić information content (AvgIpc) is 2.47. The number of hydrogen-bond acceptors (Lipinski definition) is 1. The molecule has 1 nitrogen and oxygen atoms in total. The molecule has 1 aliphatic rings. The summed E-state index contributed by atoms with van der Waals surface area (Å²) in [5, 5.41) is 3.81. The van der Waals surface area contributed by atoms with Crippen LogP contribution in [0.2, 0.25) is 0 Å². The van der Waals surface area contributed by atoms with Crippen molar-refractivity contribution >= 4 is 15.9 Å². The first kappa shape index (κ1) is 14.8. The third-order valence-electron chi connectivity index (χ3n) is 4.42. The molecule has 2 atom stereocenters. The van der Waals surface area contributed by atoms with E-state index in [-0.39, 0.29) is 0 Å². The zero-order chi connectivity index (χ0) is 14.8. The highest BCUT2D eigenvalue weighted by Crippen LogP contribution is 2.26. The molecule has 0 saturated heterocycles. The second-order valence-electron chi connectivity index (χ2n) is 6.16. The van der Waals surface area contributed by atoms with Crippen LogP contribution in [-0.2, 0) is 12.8 Å². The molecule has 3 rings (SSSR count). The molecule has 2 aromatic rings. The monoisotopic (exact) mass is 343 g/mol. The van der Waals surface area contributed by atoms with E-state index < -0.39 is 0 Å². The summed E-state index contributed by atoms with van der Waals surface area (Å²) in [5.74, 6) is 0. The molecule has 0 fully saturated rings. The number of nitrogens with one attached hydrogen (secondary N) is 1. The lowest BCUT2D eigenvalue weighted by molar-refractivity contribution is 0.413. The first-order valence-electron chi connectivity index (χ1n) is 7.72. The quantitative estimate of drug-likeness (QED) is 0.829. The lowest BCUT2D eigenvalue weighted by atomic mass is 9.87. The van der Waals surface area contributed by atoms with Crippen LogP contribution in [0.4, 0.5) is 0 Å². The maximum absolute atomic E-state index is 3.81. The fraction of sp³-hybridized carbons (Fsp3) is 0.368. The van der Waals surface area contributed by atoms with E-state index in [2.05, 4.69) is 77.6 Å². The summed E-state index contributed by atoms with van der Waals surface area (Å²) >= 11 is 3.57. The third-order valence-corrected chi connectivity index (χ3v) is 4.92. The standard InChI is InChI=1S/C19H22BrN/c1-13-4-3-5-15(10-13)14(2)21-19-9-7-16-11-18(20)8-6-17(16)12-19/h3-6,8,10-11,14,19,21H,7,9,12H2,1-2H3/t14-,19?/m1/s1. The molecule has 0 spiro atoms. The van der Waals surface area contributed by atoms with Crippen LogP contribution < -0.4 is 5.32 Å². The van der Waals surface area contributed by atoms with Crippen molar-refractivity contribution in [3.05, 3.63) is 69.2 Å². The van der Waals surface area contributed by atoms with Gasteiger partial charge in [-0.3, -0.25) is 0 Å². The van der Waals surface area contributed by atoms with Gasteiger partial charge in [0.1, 0.15) is 0 Å². The molecule has 1 aliphatic carbocycles. The zero-order valence-corrected chi connectivity index (χ0v) is 14.3. The number of halogens is 1. The lowest BCUT2D eigenvalue weighted by Crippen LogP contribution is -2.36. The van der Waals surface area contributed by atoms with Gasteiger partial charge in [-0.2, -0.15) is 0 Å². The van der Waals surface area contributed by atoms with Gasteiger partial charge >= 0.3 is 0 Å². The van der Waals surface area contributed by atoms with Crippen LogP contribution in [0.5, 0.6) is 0 Å². The molecule has 0 amide bonds. The van der Waals surface area contributed by atoms with E-state index in [1.165, 1.54) is 39.6 Å². The lowest BCUT2D eigenvalue weighted by Gasteiger charge is -2.29. The van der Waals surface area contributed by atoms with Crippen molar-refractivity contribution in [2.24, 2.45) is 0 Å². The molecule has 2 aromatic carbocycles. The van der Waals surface area contributed by atoms with Crippen LogP contribution in [0, 0.1) is 6.92 Å². The average molecular weight is 344 g/mol. The number of fused-ring (bicyclic) bond motifs is 1. The van der Waals surface area contributed by atoms with Crippen molar-refractivity contribution in [1.82, 2.24) is 5.32 Å². The minimum Gasteiger partial charge on any atom is -0.307 e. The predicted molar refractivity (Wildman–Crippen MR) is 92.7 cm³/mol. The summed E-state index contributed by atoms with van der Waals surface area (Å²) in [6.07, 6.45) is 3.53. The van der Waals surface area contributed by atoms with Crippen molar-refractivity contribution < 1.29 is 0 Å². The molecule has 2 heteroatoms. The molecule has 0 saturated carbocycles. The first-order chi connectivity index (χ1) is 10.1. The summed E-state index contributed by atoms with van der Waals surface area (Å²) in [5.41, 5.74) is 5.72. The Kier molecular flexibility index (Phi) is 4.46. The summed E-state index contributed by atoms with van der Waals surface area (Å²) in [7, 11) is 0. The van der Waals surface area contributed by atoms with Crippen LogP contribution in [0.15, 0.2) is 46.9 Å². The second kappa shape index (κ2) is 6.33. The highest BCUT2D eigenvalue weighted by Gasteiger charge is 2.20. The van der Waals surface area contributed by atoms with Crippen LogP contribution in [-0.4, -0.2) is 6.04 Å². The van der Waals surface area contributed by atoms with Gasteiger partial charge in [-0.15, -0.1) is 0 Å². The van der Waals surface area contributed by atoms with E-state index in [9.17, 15) is 0 Å². The van der Waals surface area contributed by atoms with Crippen molar-refractivity contribution in [1.29, 1.82) is 0 Å². The maximum atomic E-state index is 3.81. The number of rotatable bonds is 3. The molecule has 21 heavy (non-hydrogen) atoms. The molecule has 0 radical (unpaired) electrons. The van der Waals surface area contributed by atoms with Gasteiger partial charge in [0.05, 0.1) is 0 Å². The van der Waals surface area contributed by atoms with E-state index in [1.807, 2.05) is 0 Å². The number of hydrogen-bond donors (Lipinski definition) is 1. The Morgan fingerprint density at radius 2 is 2.00 bits per heavy atom. The second-order valence-corrected chi connectivity index (χ2v) is 7.07. The van der Waals surface area contributed by atoms with Crippen LogP contribution in [0.3, 0.4) is 0 Å². The van der Waals surface area contributed by atoms with Crippen molar-refractivity contribution in [3.8, 4) is 0 Å². The molecule has 0 heterocycles. The van der Waals surface area contributed by atoms with Crippen LogP contribution >= 0.6 is 15.9 Å². The molecule has 0 aliphatic heterocycles. The molecule has 1 N–H and O–H groups in total. The fourth-order valence-electron chi connectivity index (χ4n) is 3.26. The maximum Gasteiger partial charge on any atom is 0.0294 e. The van der Waals surface area contributed by atoms with Gasteiger partial charge in [-0.05, 0) is 61.9 Å². The Balaban J connectivity index is 1.68. The van der Waals surface area contributed by atoms with Gasteiger partial charge in [0, 0.05) is 16.6 Å². The van der Waals surface area contributed by atoms with Crippen molar-refractivity contribution in [2.75, 3.05) is 0 Å². The topological polar surface area (TPSA) is 12.0 Å². The smallest absolute Gasteiger partial charge is 0.0294 e. The molecular formula is C19H22BrN. The summed E-state index contributed by atoms with van der Waals surface area (Å²) < 4.78 is 1.20. The Labute approximate surface area is 135 Å². The van der Waals surface area contributed by atoms with E-state index in [4.69, 9.17) is 0 Å². The third kappa shape index (κ3) is 3.56. The van der Waals surface area contributed by atoms with Crippen molar-refractivity contribution in [2.45, 2.75) is 45.2 Å². The van der Waals surface area contributed by atoms with Crippen LogP contribution in [0.25, 0.3) is 0 Å². The minimum atomic E-state index is 0.409. The highest BCUT2D eigenvalue weighted by atomic mass is 79.9. The normalized spacial score (nSPS) is 19.1. The van der Waals surface area contributed by atoms with E-state index in [0.29, 0.717) is 12.1 Å². The zero-order valence-electron chi connectivity index (χ0n) is 12.7. The molecular weight excluding hydrogens is 322 g/mol. The predicted octanol–water partition coefficient (Wildman–Crippen LogP) is 4.97. The first-order valence-corrected chi connectivity index (χ1v) is 8.51. The molecule has 0 aromatic heterocycles. The van der Waals surface area contributed by atoms with Crippen LogP contribution in [0.1, 0.15) is 41.6 Å². The Morgan fingerprint density at radius 3 is 2.81 bits per heavy atom. The highest BCUT2D eigenvalue weighted by molar-refractivity contribution is 9.10. The van der Waals surface area contributed by atoms with Gasteiger partial charge in [-0.1, -0.05) is 51.8 Å². The van der Waals surface area contributed by atoms with E-state index >= 15 is 0 Å². The van der Waals surface area contributed by atoms with Gasteiger partial charge in [0.2, 0.25) is 0 Å². The molecule has 1 unspecified atom stereocenters. The Bertz CT molecular complexity index is 635. The minimum absolute atomic E-state index is 0.409. The SMILES string of the molecule is Cc1cccc([C@@H](C)NC2CCc3cc(Br)ccc3C2)c1. The summed E-state index contributed by atoms with van der Waals surface area (Å²) in [4.78, 5) is 0. The Morgan fingerprint density at radius 1 is 1.14 bits per heavy atom. The fourth-order valence-corrected chi connectivity index (χ4v) is 3.66. The summed E-state index contributed by atoms with van der Waals surface area (Å²) in [6.45, 7) is 4.43.